The summed E-state index contributed by atoms with van der Waals surface area (Å²) in [5.74, 6) is -0.126. The summed E-state index contributed by atoms with van der Waals surface area (Å²) in [7, 11) is 0. The molecule has 2 heterocycles. The highest BCUT2D eigenvalue weighted by molar-refractivity contribution is 5.82. The molecule has 136 valence electrons. The second-order valence-corrected chi connectivity index (χ2v) is 6.92. The Balaban J connectivity index is 2.08. The molecule has 3 aromatic rings. The van der Waals surface area contributed by atoms with Gasteiger partial charge in [0.25, 0.3) is 0 Å². The highest BCUT2D eigenvalue weighted by Gasteiger charge is 2.18. The number of hydrogen-bond donors (Lipinski definition) is 2. The average molecular weight is 351 g/mol. The zero-order valence-corrected chi connectivity index (χ0v) is 15.7. The minimum Gasteiger partial charge on any atom is -0.392 e. The van der Waals surface area contributed by atoms with Gasteiger partial charge in [0.2, 0.25) is 5.91 Å². The third-order valence-corrected chi connectivity index (χ3v) is 4.65. The predicted octanol–water partition coefficient (Wildman–Crippen LogP) is 2.97. The van der Waals surface area contributed by atoms with Gasteiger partial charge in [0.05, 0.1) is 23.9 Å². The standard InChI is InChI=1S/C21H25N3O2/c1-13-7-8-17(10-15(13)3)20-18(11-19(26)22-12-16(4)25)24-9-5-6-14(2)21(24)23-20/h5-10,16,25H,11-12H2,1-4H3,(H,22,26). The molecular formula is C21H25N3O2. The number of amides is 1. The quantitative estimate of drug-likeness (QED) is 0.743. The molecule has 5 nitrogen and oxygen atoms in total. The summed E-state index contributed by atoms with van der Waals surface area (Å²) in [4.78, 5) is 17.2. The van der Waals surface area contributed by atoms with Gasteiger partial charge in [-0.05, 0) is 56.5 Å². The van der Waals surface area contributed by atoms with Gasteiger partial charge in [-0.25, -0.2) is 4.98 Å². The number of benzene rings is 1. The Labute approximate surface area is 153 Å². The van der Waals surface area contributed by atoms with Crippen LogP contribution in [0.1, 0.15) is 29.3 Å². The zero-order valence-electron chi connectivity index (χ0n) is 15.7. The van der Waals surface area contributed by atoms with Crippen LogP contribution in [0.2, 0.25) is 0 Å². The lowest BCUT2D eigenvalue weighted by atomic mass is 10.0. The first kappa shape index (κ1) is 18.1. The molecular weight excluding hydrogens is 326 g/mol. The summed E-state index contributed by atoms with van der Waals surface area (Å²) < 4.78 is 1.99. The largest absolute Gasteiger partial charge is 0.392 e. The molecule has 0 radical (unpaired) electrons. The van der Waals surface area contributed by atoms with E-state index in [1.165, 1.54) is 11.1 Å². The molecule has 2 aromatic heterocycles. The van der Waals surface area contributed by atoms with Crippen molar-refractivity contribution in [3.8, 4) is 11.3 Å². The SMILES string of the molecule is Cc1ccc(-c2nc3c(C)cccn3c2CC(=O)NCC(C)O)cc1C. The van der Waals surface area contributed by atoms with Gasteiger partial charge in [-0.1, -0.05) is 18.2 Å². The Kier molecular flexibility index (Phi) is 5.09. The number of fused-ring (bicyclic) bond motifs is 1. The molecule has 0 saturated carbocycles. The average Bonchev–Trinajstić information content (AvgIpc) is 2.95. The monoisotopic (exact) mass is 351 g/mol. The fourth-order valence-corrected chi connectivity index (χ4v) is 3.02. The molecule has 0 bridgehead atoms. The van der Waals surface area contributed by atoms with Crippen molar-refractivity contribution in [2.45, 2.75) is 40.2 Å². The second-order valence-electron chi connectivity index (χ2n) is 6.92. The van der Waals surface area contributed by atoms with Gasteiger partial charge >= 0.3 is 0 Å². The van der Waals surface area contributed by atoms with Crippen LogP contribution in [-0.2, 0) is 11.2 Å². The van der Waals surface area contributed by atoms with E-state index in [4.69, 9.17) is 4.98 Å². The first-order valence-electron chi connectivity index (χ1n) is 8.85. The molecule has 0 aliphatic heterocycles. The van der Waals surface area contributed by atoms with Gasteiger partial charge < -0.3 is 14.8 Å². The Morgan fingerprint density at radius 1 is 1.19 bits per heavy atom. The number of aromatic nitrogens is 2. The van der Waals surface area contributed by atoms with Crippen molar-refractivity contribution >= 4 is 11.6 Å². The molecule has 1 atom stereocenters. The number of carbonyl (C=O) groups excluding carboxylic acids is 1. The summed E-state index contributed by atoms with van der Waals surface area (Å²) in [5.41, 5.74) is 7.04. The molecule has 0 aliphatic carbocycles. The number of aliphatic hydroxyl groups is 1. The number of nitrogens with zero attached hydrogens (tertiary/aromatic N) is 2. The van der Waals surface area contributed by atoms with Crippen LogP contribution in [0.15, 0.2) is 36.5 Å². The van der Waals surface area contributed by atoms with Crippen molar-refractivity contribution in [2.75, 3.05) is 6.54 Å². The van der Waals surface area contributed by atoms with Gasteiger partial charge in [0, 0.05) is 18.3 Å². The van der Waals surface area contributed by atoms with Crippen molar-refractivity contribution in [2.24, 2.45) is 0 Å². The van der Waals surface area contributed by atoms with E-state index in [-0.39, 0.29) is 18.9 Å². The van der Waals surface area contributed by atoms with Gasteiger partial charge in [-0.2, -0.15) is 0 Å². The van der Waals surface area contributed by atoms with Crippen molar-refractivity contribution in [1.29, 1.82) is 0 Å². The summed E-state index contributed by atoms with van der Waals surface area (Å²) in [6, 6.07) is 10.2. The molecule has 0 aliphatic rings. The van der Waals surface area contributed by atoms with Crippen LogP contribution in [0.4, 0.5) is 0 Å². The number of aliphatic hydroxyl groups excluding tert-OH is 1. The Hall–Kier alpha value is -2.66. The summed E-state index contributed by atoms with van der Waals surface area (Å²) in [5, 5.41) is 12.2. The van der Waals surface area contributed by atoms with Gasteiger partial charge in [-0.3, -0.25) is 4.79 Å². The molecule has 1 unspecified atom stereocenters. The summed E-state index contributed by atoms with van der Waals surface area (Å²) >= 11 is 0. The Bertz CT molecular complexity index is 957. The van der Waals surface area contributed by atoms with Crippen molar-refractivity contribution in [1.82, 2.24) is 14.7 Å². The van der Waals surface area contributed by atoms with E-state index in [1.807, 2.05) is 29.7 Å². The predicted molar refractivity (Wildman–Crippen MR) is 103 cm³/mol. The van der Waals surface area contributed by atoms with Crippen LogP contribution in [0.3, 0.4) is 0 Å². The highest BCUT2D eigenvalue weighted by atomic mass is 16.3. The van der Waals surface area contributed by atoms with Crippen LogP contribution in [-0.4, -0.2) is 33.0 Å². The first-order valence-corrected chi connectivity index (χ1v) is 8.85. The van der Waals surface area contributed by atoms with Crippen LogP contribution >= 0.6 is 0 Å². The van der Waals surface area contributed by atoms with E-state index in [0.29, 0.717) is 0 Å². The molecule has 5 heteroatoms. The van der Waals surface area contributed by atoms with E-state index in [9.17, 15) is 9.90 Å². The smallest absolute Gasteiger partial charge is 0.226 e. The van der Waals surface area contributed by atoms with Crippen LogP contribution in [0, 0.1) is 20.8 Å². The maximum absolute atomic E-state index is 12.4. The number of hydrogen-bond acceptors (Lipinski definition) is 3. The normalized spacial score (nSPS) is 12.3. The minimum absolute atomic E-state index is 0.126. The first-order chi connectivity index (χ1) is 12.4. The Morgan fingerprint density at radius 2 is 1.96 bits per heavy atom. The maximum Gasteiger partial charge on any atom is 0.226 e. The third kappa shape index (κ3) is 3.63. The second kappa shape index (κ2) is 7.30. The molecule has 0 spiro atoms. The van der Waals surface area contributed by atoms with E-state index >= 15 is 0 Å². The molecule has 2 N–H and O–H groups in total. The maximum atomic E-state index is 12.4. The van der Waals surface area contributed by atoms with Gasteiger partial charge in [-0.15, -0.1) is 0 Å². The van der Waals surface area contributed by atoms with Crippen molar-refractivity contribution in [3.05, 3.63) is 58.9 Å². The lowest BCUT2D eigenvalue weighted by molar-refractivity contribution is -0.120. The van der Waals surface area contributed by atoms with Crippen LogP contribution < -0.4 is 5.32 Å². The molecule has 1 aromatic carbocycles. The van der Waals surface area contributed by atoms with Gasteiger partial charge in [0.15, 0.2) is 0 Å². The van der Waals surface area contributed by atoms with Crippen LogP contribution in [0.25, 0.3) is 16.9 Å². The van der Waals surface area contributed by atoms with Crippen molar-refractivity contribution in [3.63, 3.8) is 0 Å². The fraction of sp³-hybridized carbons (Fsp3) is 0.333. The minimum atomic E-state index is -0.567. The zero-order chi connectivity index (χ0) is 18.8. The van der Waals surface area contributed by atoms with Crippen molar-refractivity contribution < 1.29 is 9.90 Å². The van der Waals surface area contributed by atoms with E-state index < -0.39 is 6.10 Å². The topological polar surface area (TPSA) is 66.6 Å². The van der Waals surface area contributed by atoms with Crippen LogP contribution in [0.5, 0.6) is 0 Å². The van der Waals surface area contributed by atoms with E-state index in [0.717, 1.165) is 28.2 Å². The number of rotatable bonds is 5. The molecule has 0 saturated heterocycles. The lowest BCUT2D eigenvalue weighted by Crippen LogP contribution is -2.32. The lowest BCUT2D eigenvalue weighted by Gasteiger charge is -2.09. The van der Waals surface area contributed by atoms with E-state index in [1.54, 1.807) is 6.92 Å². The van der Waals surface area contributed by atoms with Gasteiger partial charge in [0.1, 0.15) is 5.65 Å². The molecule has 26 heavy (non-hydrogen) atoms. The molecule has 3 rings (SSSR count). The third-order valence-electron chi connectivity index (χ3n) is 4.65. The summed E-state index contributed by atoms with van der Waals surface area (Å²) in [6.45, 7) is 8.07. The Morgan fingerprint density at radius 3 is 2.65 bits per heavy atom. The fourth-order valence-electron chi connectivity index (χ4n) is 3.02. The number of aryl methyl sites for hydroxylation is 3. The highest BCUT2D eigenvalue weighted by Crippen LogP contribution is 2.27. The van der Waals surface area contributed by atoms with E-state index in [2.05, 4.69) is 37.4 Å². The summed E-state index contributed by atoms with van der Waals surface area (Å²) in [6.07, 6.45) is 1.58. The molecule has 0 fully saturated rings. The number of nitrogens with one attached hydrogen (secondary N) is 1. The number of carbonyl (C=O) groups is 1. The molecule has 1 amide bonds. The number of imidazole rings is 1. The number of pyridine rings is 1.